The lowest BCUT2D eigenvalue weighted by molar-refractivity contribution is 0.590. The molecule has 3 heteroatoms. The molecule has 11 aromatic rings. The van der Waals surface area contributed by atoms with Crippen LogP contribution in [0.25, 0.3) is 66.8 Å². The zero-order chi connectivity index (χ0) is 59.2. The third kappa shape index (κ3) is 10.0. The maximum atomic E-state index is 2.74. The summed E-state index contributed by atoms with van der Waals surface area (Å²) in [6.45, 7) is 28.3. The fourth-order valence-electron chi connectivity index (χ4n) is 13.2. The number of rotatable bonds is 8. The van der Waals surface area contributed by atoms with E-state index in [0.29, 0.717) is 0 Å². The normalized spacial score (nSPS) is 13.1. The second-order valence-electron chi connectivity index (χ2n) is 27.8. The van der Waals surface area contributed by atoms with Gasteiger partial charge in [-0.2, -0.15) is 0 Å². The monoisotopic (exact) mass is 1100 g/mol. The molecule has 0 unspecified atom stereocenters. The highest BCUT2D eigenvalue weighted by Crippen LogP contribution is 2.56. The Morgan fingerprint density at radius 2 is 0.565 bits per heavy atom. The van der Waals surface area contributed by atoms with Crippen LogP contribution in [0, 0.1) is 0 Å². The molecule has 2 nitrogen and oxygen atoms in total. The van der Waals surface area contributed by atoms with E-state index in [4.69, 9.17) is 0 Å². The fourth-order valence-corrected chi connectivity index (χ4v) is 13.2. The predicted octanol–water partition coefficient (Wildman–Crippen LogP) is 21.0. The van der Waals surface area contributed by atoms with Crippen LogP contribution in [0.2, 0.25) is 0 Å². The average Bonchev–Trinajstić information content (AvgIpc) is 0.808. The summed E-state index contributed by atoms with van der Waals surface area (Å²) in [5.74, 6) is 0. The highest BCUT2D eigenvalue weighted by molar-refractivity contribution is 7.00. The van der Waals surface area contributed by atoms with Gasteiger partial charge in [-0.25, -0.2) is 0 Å². The van der Waals surface area contributed by atoms with Crippen LogP contribution in [-0.4, -0.2) is 6.71 Å². The molecule has 2 aliphatic heterocycles. The van der Waals surface area contributed by atoms with Crippen molar-refractivity contribution < 1.29 is 0 Å². The number of fused-ring (bicyclic) bond motifs is 4. The minimum Gasteiger partial charge on any atom is -0.310 e. The van der Waals surface area contributed by atoms with Crippen LogP contribution in [0.3, 0.4) is 0 Å². The lowest BCUT2D eigenvalue weighted by Gasteiger charge is -2.47. The Kier molecular flexibility index (Phi) is 13.7. The predicted molar refractivity (Wildman–Crippen MR) is 368 cm³/mol. The third-order valence-electron chi connectivity index (χ3n) is 17.8. The van der Waals surface area contributed by atoms with Crippen molar-refractivity contribution in [1.82, 2.24) is 0 Å². The minimum atomic E-state index is -0.264. The summed E-state index contributed by atoms with van der Waals surface area (Å²) in [7, 11) is 0. The molecule has 0 saturated carbocycles. The largest absolute Gasteiger partial charge is 0.310 e. The minimum absolute atomic E-state index is 0.148. The van der Waals surface area contributed by atoms with E-state index in [-0.39, 0.29) is 28.4 Å². The van der Waals surface area contributed by atoms with Gasteiger partial charge in [0.15, 0.2) is 0 Å². The summed E-state index contributed by atoms with van der Waals surface area (Å²) < 4.78 is 0. The van der Waals surface area contributed by atoms with Crippen LogP contribution >= 0.6 is 0 Å². The van der Waals surface area contributed by atoms with Gasteiger partial charge in [-0.1, -0.05) is 283 Å². The molecule has 13 rings (SSSR count). The van der Waals surface area contributed by atoms with Crippen molar-refractivity contribution in [3.05, 3.63) is 271 Å². The van der Waals surface area contributed by atoms with Gasteiger partial charge in [-0.3, -0.25) is 0 Å². The first-order valence-corrected chi connectivity index (χ1v) is 30.5. The highest BCUT2D eigenvalue weighted by atomic mass is 15.2. The third-order valence-corrected chi connectivity index (χ3v) is 17.8. The SMILES string of the molecule is CC(C)(C)c1cc(-c2ccccc2)c(N2c3cc(-c4ccccc4)ccc3B3c4cc(-c5ccccc5)c(C(C)(C)C)cc4N(c4c(-c5ccccc5)cc(C(C)(C)C)cc4-c4ccccc4)c4cc(C(C)(C)C)cc2c43)c(-c2ccccc2)c1. The van der Waals surface area contributed by atoms with Gasteiger partial charge in [0.1, 0.15) is 0 Å². The first kappa shape index (κ1) is 55.3. The molecule has 418 valence electrons. The molecular weight excluding hydrogens is 1020 g/mol. The average molecular weight is 1100 g/mol. The summed E-state index contributed by atoms with van der Waals surface area (Å²) in [6, 6.07) is 94.6. The van der Waals surface area contributed by atoms with E-state index in [1.54, 1.807) is 0 Å². The molecule has 0 aliphatic carbocycles. The zero-order valence-corrected chi connectivity index (χ0v) is 51.6. The summed E-state index contributed by atoms with van der Waals surface area (Å²) in [5.41, 5.74) is 29.7. The molecule has 0 fully saturated rings. The smallest absolute Gasteiger partial charge is 0.252 e. The highest BCUT2D eigenvalue weighted by Gasteiger charge is 2.47. The molecule has 2 heterocycles. The Balaban J connectivity index is 1.27. The molecule has 11 aromatic carbocycles. The number of benzene rings is 11. The molecule has 0 saturated heterocycles. The first-order valence-electron chi connectivity index (χ1n) is 30.5. The molecule has 0 aromatic heterocycles. The van der Waals surface area contributed by atoms with Gasteiger partial charge in [-0.05, 0) is 153 Å². The van der Waals surface area contributed by atoms with Crippen molar-refractivity contribution in [2.45, 2.75) is 105 Å². The molecule has 0 bridgehead atoms. The summed E-state index contributed by atoms with van der Waals surface area (Å²) in [6.07, 6.45) is 0. The summed E-state index contributed by atoms with van der Waals surface area (Å²) in [5, 5.41) is 0. The van der Waals surface area contributed by atoms with Crippen molar-refractivity contribution in [2.75, 3.05) is 9.80 Å². The van der Waals surface area contributed by atoms with Crippen LogP contribution in [-0.2, 0) is 21.7 Å². The van der Waals surface area contributed by atoms with Crippen molar-refractivity contribution >= 4 is 57.2 Å². The summed E-state index contributed by atoms with van der Waals surface area (Å²) >= 11 is 0. The van der Waals surface area contributed by atoms with E-state index < -0.39 is 0 Å². The molecule has 0 radical (unpaired) electrons. The number of hydrogen-bond acceptors (Lipinski definition) is 2. The molecular formula is C82H77BN2. The van der Waals surface area contributed by atoms with Gasteiger partial charge in [0.2, 0.25) is 0 Å². The standard InChI is InChI=1S/C82H77BN2/c1-79(2,3)61-46-65(56-35-23-15-24-36-56)77(66(47-61)57-37-25-16-26-38-57)84-72-45-60(54-31-19-13-20-32-54)43-44-70(72)83-71-52-64(55-33-21-14-22-34-55)69(82(10,11)12)53-73(71)85(75-51-63(81(7,8)9)50-74(84)76(75)83)78-67(58-39-27-17-28-40-58)48-62(80(4,5)6)49-68(78)59-41-29-18-30-42-59/h13-53H,1-12H3. The Morgan fingerprint density at radius 3 is 0.906 bits per heavy atom. The number of hydrogen-bond donors (Lipinski definition) is 0. The van der Waals surface area contributed by atoms with Crippen LogP contribution < -0.4 is 26.2 Å². The van der Waals surface area contributed by atoms with Gasteiger partial charge in [0.05, 0.1) is 11.4 Å². The van der Waals surface area contributed by atoms with Gasteiger partial charge in [-0.15, -0.1) is 0 Å². The van der Waals surface area contributed by atoms with Crippen LogP contribution in [0.4, 0.5) is 34.1 Å². The number of nitrogens with zero attached hydrogens (tertiary/aromatic N) is 2. The van der Waals surface area contributed by atoms with E-state index in [1.165, 1.54) is 140 Å². The summed E-state index contributed by atoms with van der Waals surface area (Å²) in [4.78, 5) is 5.45. The topological polar surface area (TPSA) is 6.48 Å². The van der Waals surface area contributed by atoms with Crippen LogP contribution in [0.15, 0.2) is 249 Å². The second kappa shape index (κ2) is 21.0. The van der Waals surface area contributed by atoms with E-state index >= 15 is 0 Å². The molecule has 0 atom stereocenters. The fraction of sp³-hybridized carbons (Fsp3) is 0.195. The van der Waals surface area contributed by atoms with Crippen molar-refractivity contribution in [1.29, 1.82) is 0 Å². The van der Waals surface area contributed by atoms with Crippen molar-refractivity contribution in [3.63, 3.8) is 0 Å². The molecule has 85 heavy (non-hydrogen) atoms. The molecule has 0 amide bonds. The van der Waals surface area contributed by atoms with Crippen LogP contribution in [0.1, 0.15) is 105 Å². The van der Waals surface area contributed by atoms with Gasteiger partial charge >= 0.3 is 0 Å². The Labute approximate surface area is 506 Å². The van der Waals surface area contributed by atoms with Gasteiger partial charge in [0.25, 0.3) is 6.71 Å². The lowest BCUT2D eigenvalue weighted by Crippen LogP contribution is -2.61. The quantitative estimate of drug-likeness (QED) is 0.140. The Bertz CT molecular complexity index is 4170. The second-order valence-corrected chi connectivity index (χ2v) is 27.8. The van der Waals surface area contributed by atoms with E-state index in [9.17, 15) is 0 Å². The first-order chi connectivity index (χ1) is 40.7. The van der Waals surface area contributed by atoms with Crippen molar-refractivity contribution in [2.24, 2.45) is 0 Å². The van der Waals surface area contributed by atoms with Crippen LogP contribution in [0.5, 0.6) is 0 Å². The molecule has 0 N–H and O–H groups in total. The molecule has 0 spiro atoms. The maximum absolute atomic E-state index is 2.74. The number of anilines is 6. The van der Waals surface area contributed by atoms with Gasteiger partial charge in [0, 0.05) is 45.0 Å². The zero-order valence-electron chi connectivity index (χ0n) is 51.6. The van der Waals surface area contributed by atoms with E-state index in [1.807, 2.05) is 0 Å². The van der Waals surface area contributed by atoms with Crippen molar-refractivity contribution in [3.8, 4) is 66.8 Å². The maximum Gasteiger partial charge on any atom is 0.252 e. The molecule has 2 aliphatic rings. The lowest BCUT2D eigenvalue weighted by atomic mass is 9.33. The van der Waals surface area contributed by atoms with Gasteiger partial charge < -0.3 is 9.80 Å². The van der Waals surface area contributed by atoms with E-state index in [2.05, 4.69) is 342 Å². The van der Waals surface area contributed by atoms with E-state index in [0.717, 1.165) is 0 Å². The Morgan fingerprint density at radius 1 is 0.247 bits per heavy atom. The Hall–Kier alpha value is -8.92.